The second kappa shape index (κ2) is 6.76. The van der Waals surface area contributed by atoms with Crippen molar-refractivity contribution in [2.24, 2.45) is 5.73 Å². The van der Waals surface area contributed by atoms with E-state index in [0.29, 0.717) is 6.54 Å². The van der Waals surface area contributed by atoms with Crippen LogP contribution in [0.15, 0.2) is 24.3 Å². The SMILES string of the molecule is CC1CCCN1CCCOc1ccccc1CN. The summed E-state index contributed by atoms with van der Waals surface area (Å²) in [5, 5.41) is 0. The predicted molar refractivity (Wildman–Crippen MR) is 74.7 cm³/mol. The lowest BCUT2D eigenvalue weighted by molar-refractivity contribution is 0.229. The zero-order valence-electron chi connectivity index (χ0n) is 11.3. The zero-order chi connectivity index (χ0) is 12.8. The summed E-state index contributed by atoms with van der Waals surface area (Å²) in [7, 11) is 0. The van der Waals surface area contributed by atoms with E-state index in [1.54, 1.807) is 0 Å². The lowest BCUT2D eigenvalue weighted by Crippen LogP contribution is -2.28. The standard InChI is InChI=1S/C15H24N2O/c1-13-6-4-9-17(13)10-5-11-18-15-8-3-2-7-14(15)12-16/h2-3,7-8,13H,4-6,9-12,16H2,1H3. The molecule has 0 spiro atoms. The van der Waals surface area contributed by atoms with Gasteiger partial charge in [0.2, 0.25) is 0 Å². The van der Waals surface area contributed by atoms with Crippen LogP contribution in [0.25, 0.3) is 0 Å². The molecular formula is C15H24N2O. The molecule has 2 rings (SSSR count). The Morgan fingerprint density at radius 2 is 2.22 bits per heavy atom. The van der Waals surface area contributed by atoms with Gasteiger partial charge in [-0.3, -0.25) is 0 Å². The van der Waals surface area contributed by atoms with Gasteiger partial charge in [0.05, 0.1) is 6.61 Å². The Morgan fingerprint density at radius 3 is 2.94 bits per heavy atom. The van der Waals surface area contributed by atoms with Gasteiger partial charge < -0.3 is 15.4 Å². The van der Waals surface area contributed by atoms with Gasteiger partial charge in [-0.15, -0.1) is 0 Å². The number of hydrogen-bond acceptors (Lipinski definition) is 3. The molecule has 3 nitrogen and oxygen atoms in total. The first-order chi connectivity index (χ1) is 8.81. The first kappa shape index (κ1) is 13.4. The summed E-state index contributed by atoms with van der Waals surface area (Å²) in [5.41, 5.74) is 6.77. The van der Waals surface area contributed by atoms with Crippen molar-refractivity contribution in [2.75, 3.05) is 19.7 Å². The molecule has 0 radical (unpaired) electrons. The predicted octanol–water partition coefficient (Wildman–Crippen LogP) is 2.40. The first-order valence-corrected chi connectivity index (χ1v) is 6.96. The normalized spacial score (nSPS) is 20.2. The average molecular weight is 248 g/mol. The van der Waals surface area contributed by atoms with Crippen LogP contribution in [0.1, 0.15) is 31.7 Å². The van der Waals surface area contributed by atoms with E-state index in [1.807, 2.05) is 24.3 Å². The van der Waals surface area contributed by atoms with E-state index in [-0.39, 0.29) is 0 Å². The maximum absolute atomic E-state index is 5.82. The molecule has 0 saturated carbocycles. The second-order valence-corrected chi connectivity index (χ2v) is 5.04. The van der Waals surface area contributed by atoms with Gasteiger partial charge in [-0.05, 0) is 38.8 Å². The lowest BCUT2D eigenvalue weighted by atomic mass is 10.2. The van der Waals surface area contributed by atoms with Crippen molar-refractivity contribution in [3.63, 3.8) is 0 Å². The van der Waals surface area contributed by atoms with Gasteiger partial charge in [0.15, 0.2) is 0 Å². The molecule has 3 heteroatoms. The smallest absolute Gasteiger partial charge is 0.123 e. The van der Waals surface area contributed by atoms with Gasteiger partial charge in [0.25, 0.3) is 0 Å². The molecule has 0 aromatic heterocycles. The quantitative estimate of drug-likeness (QED) is 0.786. The van der Waals surface area contributed by atoms with E-state index in [2.05, 4.69) is 11.8 Å². The van der Waals surface area contributed by atoms with Crippen molar-refractivity contribution >= 4 is 0 Å². The summed E-state index contributed by atoms with van der Waals surface area (Å²) in [6.45, 7) is 6.03. The van der Waals surface area contributed by atoms with Crippen molar-refractivity contribution in [1.29, 1.82) is 0 Å². The highest BCUT2D eigenvalue weighted by molar-refractivity contribution is 5.32. The third-order valence-electron chi connectivity index (χ3n) is 3.73. The van der Waals surface area contributed by atoms with E-state index < -0.39 is 0 Å². The van der Waals surface area contributed by atoms with Crippen molar-refractivity contribution < 1.29 is 4.74 Å². The highest BCUT2D eigenvalue weighted by Crippen LogP contribution is 2.18. The molecule has 1 aromatic rings. The van der Waals surface area contributed by atoms with Gasteiger partial charge in [0.1, 0.15) is 5.75 Å². The van der Waals surface area contributed by atoms with Crippen LogP contribution in [0.3, 0.4) is 0 Å². The van der Waals surface area contributed by atoms with Crippen LogP contribution < -0.4 is 10.5 Å². The fourth-order valence-electron chi connectivity index (χ4n) is 2.59. The molecule has 100 valence electrons. The van der Waals surface area contributed by atoms with Crippen molar-refractivity contribution in [1.82, 2.24) is 4.90 Å². The van der Waals surface area contributed by atoms with E-state index in [4.69, 9.17) is 10.5 Å². The summed E-state index contributed by atoms with van der Waals surface area (Å²) < 4.78 is 5.82. The van der Waals surface area contributed by atoms with Gasteiger partial charge in [-0.25, -0.2) is 0 Å². The van der Waals surface area contributed by atoms with Crippen LogP contribution in [-0.2, 0) is 6.54 Å². The van der Waals surface area contributed by atoms with Crippen LogP contribution >= 0.6 is 0 Å². The van der Waals surface area contributed by atoms with Gasteiger partial charge in [0, 0.05) is 24.7 Å². The third kappa shape index (κ3) is 3.47. The molecule has 0 aliphatic carbocycles. The molecular weight excluding hydrogens is 224 g/mol. The Labute approximate surface area is 110 Å². The maximum atomic E-state index is 5.82. The second-order valence-electron chi connectivity index (χ2n) is 5.04. The third-order valence-corrected chi connectivity index (χ3v) is 3.73. The minimum Gasteiger partial charge on any atom is -0.493 e. The maximum Gasteiger partial charge on any atom is 0.123 e. The van der Waals surface area contributed by atoms with E-state index >= 15 is 0 Å². The van der Waals surface area contributed by atoms with Crippen molar-refractivity contribution in [2.45, 2.75) is 38.8 Å². The lowest BCUT2D eigenvalue weighted by Gasteiger charge is -2.20. The largest absolute Gasteiger partial charge is 0.493 e. The number of hydrogen-bond donors (Lipinski definition) is 1. The minimum atomic E-state index is 0.541. The molecule has 1 saturated heterocycles. The Bertz CT molecular complexity index is 367. The Hall–Kier alpha value is -1.06. The summed E-state index contributed by atoms with van der Waals surface area (Å²) in [6.07, 6.45) is 3.78. The van der Waals surface area contributed by atoms with Crippen LogP contribution in [-0.4, -0.2) is 30.6 Å². The molecule has 1 atom stereocenters. The number of likely N-dealkylation sites (tertiary alicyclic amines) is 1. The molecule has 0 bridgehead atoms. The Kier molecular flexibility index (Phi) is 5.02. The van der Waals surface area contributed by atoms with E-state index in [1.165, 1.54) is 19.4 Å². The van der Waals surface area contributed by atoms with Gasteiger partial charge >= 0.3 is 0 Å². The fourth-order valence-corrected chi connectivity index (χ4v) is 2.59. The minimum absolute atomic E-state index is 0.541. The van der Waals surface area contributed by atoms with Gasteiger partial charge in [-0.1, -0.05) is 18.2 Å². The number of nitrogens with two attached hydrogens (primary N) is 1. The summed E-state index contributed by atoms with van der Waals surface area (Å²) in [4.78, 5) is 2.55. The van der Waals surface area contributed by atoms with Crippen LogP contribution in [0.4, 0.5) is 0 Å². The first-order valence-electron chi connectivity index (χ1n) is 6.96. The average Bonchev–Trinajstić information content (AvgIpc) is 2.81. The molecule has 1 unspecified atom stereocenters. The highest BCUT2D eigenvalue weighted by atomic mass is 16.5. The van der Waals surface area contributed by atoms with Crippen LogP contribution in [0, 0.1) is 0 Å². The van der Waals surface area contributed by atoms with Crippen molar-refractivity contribution in [3.8, 4) is 5.75 Å². The fraction of sp³-hybridized carbons (Fsp3) is 0.600. The zero-order valence-corrected chi connectivity index (χ0v) is 11.3. The topological polar surface area (TPSA) is 38.5 Å². The Morgan fingerprint density at radius 1 is 1.39 bits per heavy atom. The molecule has 1 fully saturated rings. The number of rotatable bonds is 6. The number of nitrogens with zero attached hydrogens (tertiary/aromatic N) is 1. The van der Waals surface area contributed by atoms with Gasteiger partial charge in [-0.2, -0.15) is 0 Å². The molecule has 1 aliphatic rings. The highest BCUT2D eigenvalue weighted by Gasteiger charge is 2.19. The molecule has 1 aromatic carbocycles. The number of benzene rings is 1. The summed E-state index contributed by atoms with van der Waals surface area (Å²) >= 11 is 0. The molecule has 1 aliphatic heterocycles. The molecule has 2 N–H and O–H groups in total. The van der Waals surface area contributed by atoms with Crippen LogP contribution in [0.5, 0.6) is 5.75 Å². The van der Waals surface area contributed by atoms with E-state index in [9.17, 15) is 0 Å². The molecule has 18 heavy (non-hydrogen) atoms. The monoisotopic (exact) mass is 248 g/mol. The van der Waals surface area contributed by atoms with Crippen LogP contribution in [0.2, 0.25) is 0 Å². The summed E-state index contributed by atoms with van der Waals surface area (Å²) in [6, 6.07) is 8.78. The molecule has 0 amide bonds. The number of para-hydroxylation sites is 1. The summed E-state index contributed by atoms with van der Waals surface area (Å²) in [5.74, 6) is 0.939. The van der Waals surface area contributed by atoms with Crippen molar-refractivity contribution in [3.05, 3.63) is 29.8 Å². The molecule has 1 heterocycles. The Balaban J connectivity index is 1.71. The van der Waals surface area contributed by atoms with E-state index in [0.717, 1.165) is 36.9 Å². The number of ether oxygens (including phenoxy) is 1.